The summed E-state index contributed by atoms with van der Waals surface area (Å²) in [6, 6.07) is 24.7. The Hall–Kier alpha value is -3.40. The summed E-state index contributed by atoms with van der Waals surface area (Å²) in [4.78, 5) is 12.8. The Kier molecular flexibility index (Phi) is 3.53. The molecule has 0 saturated heterocycles. The first-order chi connectivity index (χ1) is 12.9. The van der Waals surface area contributed by atoms with E-state index in [1.807, 2.05) is 30.3 Å². The molecule has 4 heteroatoms. The predicted octanol–water partition coefficient (Wildman–Crippen LogP) is 4.92. The fourth-order valence-electron chi connectivity index (χ4n) is 3.46. The average Bonchev–Trinajstić information content (AvgIpc) is 3.10. The van der Waals surface area contributed by atoms with Gasteiger partial charge in [0.05, 0.1) is 27.8 Å². The number of pyridine rings is 1. The van der Waals surface area contributed by atoms with Crippen molar-refractivity contribution in [3.05, 3.63) is 78.6 Å². The Morgan fingerprint density at radius 3 is 2.00 bits per heavy atom. The normalized spacial score (nSPS) is 11.4. The molecular weight excluding hydrogens is 320 g/mol. The number of nitrogens with one attached hydrogen (secondary N) is 2. The maximum absolute atomic E-state index is 4.77. The number of aromatic amines is 1. The summed E-state index contributed by atoms with van der Waals surface area (Å²) in [6.07, 6.45) is 0.833. The Morgan fingerprint density at radius 1 is 0.692 bits per heavy atom. The number of rotatable bonds is 4. The van der Waals surface area contributed by atoms with Crippen molar-refractivity contribution >= 4 is 38.5 Å². The second kappa shape index (κ2) is 6.15. The molecule has 0 atom stereocenters. The van der Waals surface area contributed by atoms with E-state index in [1.165, 1.54) is 0 Å². The van der Waals surface area contributed by atoms with E-state index in [-0.39, 0.29) is 0 Å². The number of H-pyrrole nitrogens is 1. The lowest BCUT2D eigenvalue weighted by Crippen LogP contribution is -2.07. The molecule has 0 radical (unpaired) electrons. The van der Waals surface area contributed by atoms with Crippen molar-refractivity contribution in [2.75, 3.05) is 11.9 Å². The minimum atomic E-state index is 0.803. The molecule has 5 rings (SSSR count). The standard InChI is InChI=1S/C22H18N4/c1-3-9-17-15(7-1)22(16-8-2-4-10-18(16)24-17)23-14-13-21-25-19-11-5-6-12-20(19)26-21/h1-12H,13-14H2,(H,23,24)(H,25,26). The molecule has 4 nitrogen and oxygen atoms in total. The Labute approximate surface area is 150 Å². The van der Waals surface area contributed by atoms with Crippen LogP contribution in [0.15, 0.2) is 72.8 Å². The fourth-order valence-corrected chi connectivity index (χ4v) is 3.46. The highest BCUT2D eigenvalue weighted by Crippen LogP contribution is 2.30. The van der Waals surface area contributed by atoms with Gasteiger partial charge in [-0.15, -0.1) is 0 Å². The minimum absolute atomic E-state index is 0.803. The Balaban J connectivity index is 1.47. The number of nitrogens with zero attached hydrogens (tertiary/aromatic N) is 2. The molecule has 0 unspecified atom stereocenters. The molecule has 0 saturated carbocycles. The summed E-state index contributed by atoms with van der Waals surface area (Å²) in [5.74, 6) is 1.00. The molecule has 0 fully saturated rings. The van der Waals surface area contributed by atoms with Gasteiger partial charge in [0.2, 0.25) is 0 Å². The van der Waals surface area contributed by atoms with Gasteiger partial charge in [0.15, 0.2) is 0 Å². The fraction of sp³-hybridized carbons (Fsp3) is 0.0909. The number of aromatic nitrogens is 3. The third-order valence-electron chi connectivity index (χ3n) is 4.69. The van der Waals surface area contributed by atoms with Crippen LogP contribution in [0.4, 0.5) is 5.69 Å². The maximum atomic E-state index is 4.77. The average molecular weight is 338 g/mol. The molecule has 0 aliphatic carbocycles. The highest BCUT2D eigenvalue weighted by molar-refractivity contribution is 6.07. The van der Waals surface area contributed by atoms with Crippen molar-refractivity contribution in [3.8, 4) is 0 Å². The first-order valence-corrected chi connectivity index (χ1v) is 8.83. The van der Waals surface area contributed by atoms with Crippen molar-refractivity contribution in [2.24, 2.45) is 0 Å². The molecule has 0 spiro atoms. The van der Waals surface area contributed by atoms with E-state index < -0.39 is 0 Å². The van der Waals surface area contributed by atoms with E-state index in [0.29, 0.717) is 0 Å². The van der Waals surface area contributed by atoms with Crippen LogP contribution < -0.4 is 5.32 Å². The van der Waals surface area contributed by atoms with Crippen LogP contribution in [-0.2, 0) is 6.42 Å². The SMILES string of the molecule is c1ccc2[nH]c(CCNc3c4ccccc4nc4ccccc34)nc2c1. The number of para-hydroxylation sites is 4. The van der Waals surface area contributed by atoms with Crippen molar-refractivity contribution < 1.29 is 0 Å². The van der Waals surface area contributed by atoms with Crippen LogP contribution in [0.25, 0.3) is 32.8 Å². The van der Waals surface area contributed by atoms with Gasteiger partial charge in [-0.1, -0.05) is 48.5 Å². The Bertz CT molecular complexity index is 1140. The lowest BCUT2D eigenvalue weighted by Gasteiger charge is -2.12. The third kappa shape index (κ3) is 2.56. The summed E-state index contributed by atoms with van der Waals surface area (Å²) < 4.78 is 0. The molecule has 126 valence electrons. The molecule has 26 heavy (non-hydrogen) atoms. The number of anilines is 1. The number of imidazole rings is 1. The van der Waals surface area contributed by atoms with E-state index in [9.17, 15) is 0 Å². The predicted molar refractivity (Wildman–Crippen MR) is 108 cm³/mol. The minimum Gasteiger partial charge on any atom is -0.383 e. The van der Waals surface area contributed by atoms with Gasteiger partial charge in [0, 0.05) is 23.7 Å². The summed E-state index contributed by atoms with van der Waals surface area (Å²) in [5.41, 5.74) is 5.27. The Morgan fingerprint density at radius 2 is 1.31 bits per heavy atom. The van der Waals surface area contributed by atoms with E-state index in [2.05, 4.69) is 57.7 Å². The van der Waals surface area contributed by atoms with Crippen LogP contribution in [0.3, 0.4) is 0 Å². The zero-order chi connectivity index (χ0) is 17.3. The van der Waals surface area contributed by atoms with Gasteiger partial charge in [-0.3, -0.25) is 0 Å². The number of hydrogen-bond acceptors (Lipinski definition) is 3. The second-order valence-electron chi connectivity index (χ2n) is 6.40. The molecule has 2 N–H and O–H groups in total. The quantitative estimate of drug-likeness (QED) is 0.457. The van der Waals surface area contributed by atoms with E-state index in [0.717, 1.165) is 57.3 Å². The number of hydrogen-bond donors (Lipinski definition) is 2. The number of fused-ring (bicyclic) bond motifs is 3. The number of benzene rings is 3. The van der Waals surface area contributed by atoms with Gasteiger partial charge in [-0.25, -0.2) is 9.97 Å². The summed E-state index contributed by atoms with van der Waals surface area (Å²) in [5, 5.41) is 5.92. The molecule has 0 aliphatic heterocycles. The van der Waals surface area contributed by atoms with Crippen molar-refractivity contribution in [1.29, 1.82) is 0 Å². The third-order valence-corrected chi connectivity index (χ3v) is 4.69. The van der Waals surface area contributed by atoms with Gasteiger partial charge < -0.3 is 10.3 Å². The first kappa shape index (κ1) is 14.9. The lowest BCUT2D eigenvalue weighted by atomic mass is 10.1. The van der Waals surface area contributed by atoms with E-state index in [4.69, 9.17) is 4.98 Å². The summed E-state index contributed by atoms with van der Waals surface area (Å²) in [6.45, 7) is 0.803. The molecular formula is C22H18N4. The molecule has 2 heterocycles. The zero-order valence-corrected chi connectivity index (χ0v) is 14.2. The highest BCUT2D eigenvalue weighted by atomic mass is 14.9. The molecule has 2 aromatic heterocycles. The van der Waals surface area contributed by atoms with Gasteiger partial charge in [0.1, 0.15) is 5.82 Å². The summed E-state index contributed by atoms with van der Waals surface area (Å²) in [7, 11) is 0. The monoisotopic (exact) mass is 338 g/mol. The molecule has 0 amide bonds. The van der Waals surface area contributed by atoms with E-state index >= 15 is 0 Å². The van der Waals surface area contributed by atoms with Crippen LogP contribution in [0.1, 0.15) is 5.82 Å². The van der Waals surface area contributed by atoms with Crippen LogP contribution in [-0.4, -0.2) is 21.5 Å². The topological polar surface area (TPSA) is 53.6 Å². The highest BCUT2D eigenvalue weighted by Gasteiger charge is 2.09. The van der Waals surface area contributed by atoms with Crippen LogP contribution in [0.5, 0.6) is 0 Å². The molecule has 0 aliphatic rings. The van der Waals surface area contributed by atoms with Gasteiger partial charge in [-0.2, -0.15) is 0 Å². The van der Waals surface area contributed by atoms with Crippen LogP contribution in [0.2, 0.25) is 0 Å². The summed E-state index contributed by atoms with van der Waals surface area (Å²) >= 11 is 0. The molecule has 3 aromatic carbocycles. The van der Waals surface area contributed by atoms with Crippen molar-refractivity contribution in [1.82, 2.24) is 15.0 Å². The molecule has 5 aromatic rings. The van der Waals surface area contributed by atoms with E-state index in [1.54, 1.807) is 0 Å². The molecule has 0 bridgehead atoms. The van der Waals surface area contributed by atoms with Crippen LogP contribution >= 0.6 is 0 Å². The lowest BCUT2D eigenvalue weighted by molar-refractivity contribution is 0.936. The second-order valence-corrected chi connectivity index (χ2v) is 6.40. The van der Waals surface area contributed by atoms with Crippen molar-refractivity contribution in [2.45, 2.75) is 6.42 Å². The first-order valence-electron chi connectivity index (χ1n) is 8.83. The van der Waals surface area contributed by atoms with Crippen molar-refractivity contribution in [3.63, 3.8) is 0 Å². The van der Waals surface area contributed by atoms with Gasteiger partial charge in [-0.05, 0) is 24.3 Å². The maximum Gasteiger partial charge on any atom is 0.108 e. The largest absolute Gasteiger partial charge is 0.383 e. The zero-order valence-electron chi connectivity index (χ0n) is 14.2. The smallest absolute Gasteiger partial charge is 0.108 e. The van der Waals surface area contributed by atoms with Crippen LogP contribution in [0, 0.1) is 0 Å². The van der Waals surface area contributed by atoms with Gasteiger partial charge >= 0.3 is 0 Å². The van der Waals surface area contributed by atoms with Gasteiger partial charge in [0.25, 0.3) is 0 Å².